The van der Waals surface area contributed by atoms with E-state index in [-0.39, 0.29) is 5.41 Å². The van der Waals surface area contributed by atoms with Gasteiger partial charge in [0.05, 0.1) is 0 Å². The summed E-state index contributed by atoms with van der Waals surface area (Å²) < 4.78 is 0. The van der Waals surface area contributed by atoms with E-state index in [1.807, 2.05) is 0 Å². The monoisotopic (exact) mass is 206 g/mol. The van der Waals surface area contributed by atoms with Crippen LogP contribution in [0.2, 0.25) is 0 Å². The molecular weight excluding hydrogens is 184 g/mol. The van der Waals surface area contributed by atoms with Gasteiger partial charge in [0.15, 0.2) is 0 Å². The molecule has 1 nitrogen and oxygen atoms in total. The highest BCUT2D eigenvalue weighted by Crippen LogP contribution is 2.52. The van der Waals surface area contributed by atoms with Gasteiger partial charge in [0.2, 0.25) is 0 Å². The van der Waals surface area contributed by atoms with Gasteiger partial charge in [0.1, 0.15) is 5.78 Å². The standard InChI is InChI=1S/C14H22O/c1-9-7-11(3)14(4)12(8-9)10(2)5-6-13(14)15/h7,10-12H,5-6,8H2,1-4H3/t10-,11-,12+,14+/m0/s1. The molecule has 0 heterocycles. The third-order valence-corrected chi connectivity index (χ3v) is 4.91. The fourth-order valence-electron chi connectivity index (χ4n) is 3.65. The lowest BCUT2D eigenvalue weighted by atomic mass is 9.53. The van der Waals surface area contributed by atoms with Crippen molar-refractivity contribution in [2.45, 2.75) is 47.0 Å². The molecule has 0 saturated heterocycles. The SMILES string of the molecule is CC1=C[C@H](C)[C@@]2(C)C(=O)CC[C@H](C)[C@H]2C1. The van der Waals surface area contributed by atoms with Gasteiger partial charge in [-0.1, -0.05) is 32.4 Å². The van der Waals surface area contributed by atoms with Crippen molar-refractivity contribution in [2.24, 2.45) is 23.2 Å². The van der Waals surface area contributed by atoms with Crippen molar-refractivity contribution >= 4 is 5.78 Å². The predicted octanol–water partition coefficient (Wildman–Crippen LogP) is 3.59. The number of rotatable bonds is 0. The molecule has 0 aromatic rings. The summed E-state index contributed by atoms with van der Waals surface area (Å²) in [4.78, 5) is 12.2. The Morgan fingerprint density at radius 3 is 2.73 bits per heavy atom. The molecule has 2 rings (SSSR count). The van der Waals surface area contributed by atoms with Gasteiger partial charge < -0.3 is 0 Å². The van der Waals surface area contributed by atoms with Crippen molar-refractivity contribution < 1.29 is 4.79 Å². The van der Waals surface area contributed by atoms with Crippen LogP contribution >= 0.6 is 0 Å². The second-order valence-electron chi connectivity index (χ2n) is 5.83. The molecular formula is C14H22O. The lowest BCUT2D eigenvalue weighted by Crippen LogP contribution is -2.49. The van der Waals surface area contributed by atoms with Crippen molar-refractivity contribution in [3.05, 3.63) is 11.6 Å². The molecule has 0 aromatic carbocycles. The molecule has 0 radical (unpaired) electrons. The van der Waals surface area contributed by atoms with E-state index in [9.17, 15) is 4.79 Å². The number of hydrogen-bond acceptors (Lipinski definition) is 1. The minimum atomic E-state index is -0.0722. The molecule has 0 aromatic heterocycles. The Morgan fingerprint density at radius 2 is 2.07 bits per heavy atom. The third-order valence-electron chi connectivity index (χ3n) is 4.91. The van der Waals surface area contributed by atoms with Crippen LogP contribution in [0.4, 0.5) is 0 Å². The Bertz CT molecular complexity index is 315. The molecule has 0 unspecified atom stereocenters. The highest BCUT2D eigenvalue weighted by atomic mass is 16.1. The van der Waals surface area contributed by atoms with E-state index >= 15 is 0 Å². The van der Waals surface area contributed by atoms with E-state index in [0.717, 1.165) is 19.3 Å². The van der Waals surface area contributed by atoms with Crippen LogP contribution in [0.15, 0.2) is 11.6 Å². The highest BCUT2D eigenvalue weighted by molar-refractivity contribution is 5.86. The molecule has 15 heavy (non-hydrogen) atoms. The van der Waals surface area contributed by atoms with E-state index in [1.165, 1.54) is 5.57 Å². The van der Waals surface area contributed by atoms with E-state index < -0.39 is 0 Å². The van der Waals surface area contributed by atoms with Crippen molar-refractivity contribution in [1.82, 2.24) is 0 Å². The molecule has 2 aliphatic rings. The van der Waals surface area contributed by atoms with Gasteiger partial charge >= 0.3 is 0 Å². The first-order chi connectivity index (χ1) is 6.96. The van der Waals surface area contributed by atoms with Crippen LogP contribution in [-0.2, 0) is 4.79 Å². The summed E-state index contributed by atoms with van der Waals surface area (Å²) in [6.45, 7) is 8.94. The molecule has 0 aliphatic heterocycles. The second kappa shape index (κ2) is 3.47. The van der Waals surface area contributed by atoms with Crippen LogP contribution < -0.4 is 0 Å². The lowest BCUT2D eigenvalue weighted by Gasteiger charge is -2.49. The normalized spacial score (nSPS) is 46.0. The molecule has 4 atom stereocenters. The number of carbonyl (C=O) groups is 1. The van der Waals surface area contributed by atoms with Crippen LogP contribution in [0.3, 0.4) is 0 Å². The number of ketones is 1. The fourth-order valence-corrected chi connectivity index (χ4v) is 3.65. The summed E-state index contributed by atoms with van der Waals surface area (Å²) >= 11 is 0. The highest BCUT2D eigenvalue weighted by Gasteiger charge is 2.50. The smallest absolute Gasteiger partial charge is 0.139 e. The first kappa shape index (κ1) is 10.9. The Labute approximate surface area is 92.9 Å². The number of Topliss-reactive ketones (excluding diaryl/α,β-unsaturated/α-hetero) is 1. The fraction of sp³-hybridized carbons (Fsp3) is 0.786. The van der Waals surface area contributed by atoms with E-state index in [2.05, 4.69) is 33.8 Å². The Hall–Kier alpha value is -0.590. The van der Waals surface area contributed by atoms with Crippen LogP contribution in [-0.4, -0.2) is 5.78 Å². The van der Waals surface area contributed by atoms with Crippen molar-refractivity contribution in [2.75, 3.05) is 0 Å². The third kappa shape index (κ3) is 1.47. The zero-order chi connectivity index (χ0) is 11.2. The molecule has 0 bridgehead atoms. The minimum absolute atomic E-state index is 0.0722. The predicted molar refractivity (Wildman–Crippen MR) is 62.5 cm³/mol. The van der Waals surface area contributed by atoms with Gasteiger partial charge in [-0.2, -0.15) is 0 Å². The summed E-state index contributed by atoms with van der Waals surface area (Å²) in [6, 6.07) is 0. The summed E-state index contributed by atoms with van der Waals surface area (Å²) in [5.74, 6) is 2.21. The maximum Gasteiger partial charge on any atom is 0.139 e. The van der Waals surface area contributed by atoms with Crippen LogP contribution in [0.25, 0.3) is 0 Å². The Balaban J connectivity index is 2.41. The minimum Gasteiger partial charge on any atom is -0.299 e. The maximum absolute atomic E-state index is 12.2. The molecule has 0 N–H and O–H groups in total. The van der Waals surface area contributed by atoms with Crippen LogP contribution in [0.1, 0.15) is 47.0 Å². The van der Waals surface area contributed by atoms with Crippen molar-refractivity contribution in [1.29, 1.82) is 0 Å². The average molecular weight is 206 g/mol. The van der Waals surface area contributed by atoms with Crippen molar-refractivity contribution in [3.63, 3.8) is 0 Å². The number of allylic oxidation sites excluding steroid dienone is 2. The lowest BCUT2D eigenvalue weighted by molar-refractivity contribution is -0.140. The van der Waals surface area contributed by atoms with Gasteiger partial charge in [0, 0.05) is 11.8 Å². The van der Waals surface area contributed by atoms with Gasteiger partial charge in [-0.3, -0.25) is 4.79 Å². The van der Waals surface area contributed by atoms with Gasteiger partial charge in [-0.15, -0.1) is 0 Å². The molecule has 0 amide bonds. The van der Waals surface area contributed by atoms with Gasteiger partial charge in [0.25, 0.3) is 0 Å². The number of hydrogen-bond donors (Lipinski definition) is 0. The first-order valence-electron chi connectivity index (χ1n) is 6.17. The largest absolute Gasteiger partial charge is 0.299 e. The Kier molecular flexibility index (Phi) is 2.52. The van der Waals surface area contributed by atoms with E-state index in [1.54, 1.807) is 0 Å². The van der Waals surface area contributed by atoms with Gasteiger partial charge in [-0.25, -0.2) is 0 Å². The van der Waals surface area contributed by atoms with Crippen LogP contribution in [0.5, 0.6) is 0 Å². The zero-order valence-corrected chi connectivity index (χ0v) is 10.3. The average Bonchev–Trinajstić information content (AvgIpc) is 2.17. The van der Waals surface area contributed by atoms with Crippen LogP contribution in [0, 0.1) is 23.2 Å². The van der Waals surface area contributed by atoms with Gasteiger partial charge in [-0.05, 0) is 37.5 Å². The molecule has 1 saturated carbocycles. The topological polar surface area (TPSA) is 17.1 Å². The zero-order valence-electron chi connectivity index (χ0n) is 10.3. The second-order valence-corrected chi connectivity index (χ2v) is 5.83. The maximum atomic E-state index is 12.2. The molecule has 2 aliphatic carbocycles. The summed E-state index contributed by atoms with van der Waals surface area (Å²) in [5.41, 5.74) is 1.41. The quantitative estimate of drug-likeness (QED) is 0.553. The molecule has 84 valence electrons. The summed E-state index contributed by atoms with van der Waals surface area (Å²) in [5, 5.41) is 0. The number of carbonyl (C=O) groups excluding carboxylic acids is 1. The number of fused-ring (bicyclic) bond motifs is 1. The van der Waals surface area contributed by atoms with E-state index in [0.29, 0.717) is 23.5 Å². The summed E-state index contributed by atoms with van der Waals surface area (Å²) in [7, 11) is 0. The molecule has 1 heteroatoms. The van der Waals surface area contributed by atoms with E-state index in [4.69, 9.17) is 0 Å². The van der Waals surface area contributed by atoms with Crippen molar-refractivity contribution in [3.8, 4) is 0 Å². The Morgan fingerprint density at radius 1 is 1.40 bits per heavy atom. The first-order valence-corrected chi connectivity index (χ1v) is 6.17. The molecule has 1 fully saturated rings. The molecule has 0 spiro atoms. The summed E-state index contributed by atoms with van der Waals surface area (Å²) in [6.07, 6.45) is 5.34.